The number of rotatable bonds is 11. The number of benzene rings is 2. The van der Waals surface area contributed by atoms with Gasteiger partial charge in [0.25, 0.3) is 0 Å². The Morgan fingerprint density at radius 1 is 1.00 bits per heavy atom. The van der Waals surface area contributed by atoms with Crippen LogP contribution in [-0.4, -0.2) is 41.6 Å². The molecule has 0 bridgehead atoms. The molecule has 0 spiro atoms. The number of hydrogen-bond acceptors (Lipinski definition) is 3. The maximum absolute atomic E-state index is 13.0. The Kier molecular flexibility index (Phi) is 9.63. The molecule has 0 saturated heterocycles. The largest absolute Gasteiger partial charge is 0.354 e. The van der Waals surface area contributed by atoms with Gasteiger partial charge in [-0.3, -0.25) is 9.59 Å². The zero-order valence-corrected chi connectivity index (χ0v) is 17.6. The van der Waals surface area contributed by atoms with Gasteiger partial charge in [0, 0.05) is 18.0 Å². The van der Waals surface area contributed by atoms with Crippen LogP contribution in [0.1, 0.15) is 32.3 Å². The predicted octanol–water partition coefficient (Wildman–Crippen LogP) is 4.15. The first-order chi connectivity index (χ1) is 13.7. The first-order valence-corrected chi connectivity index (χ1v) is 10.9. The molecule has 0 aromatic heterocycles. The van der Waals surface area contributed by atoms with Crippen LogP contribution in [0.5, 0.6) is 0 Å². The van der Waals surface area contributed by atoms with Crippen molar-refractivity contribution < 1.29 is 9.59 Å². The smallest absolute Gasteiger partial charge is 0.242 e. The molecule has 4 nitrogen and oxygen atoms in total. The monoisotopic (exact) mass is 398 g/mol. The highest BCUT2D eigenvalue weighted by Gasteiger charge is 2.27. The normalized spacial score (nSPS) is 11.6. The molecule has 5 heteroatoms. The zero-order chi connectivity index (χ0) is 20.2. The fraction of sp³-hybridized carbons (Fsp3) is 0.391. The molecule has 2 aromatic rings. The van der Waals surface area contributed by atoms with E-state index in [1.165, 1.54) is 17.3 Å². The van der Waals surface area contributed by atoms with Gasteiger partial charge in [0.05, 0.1) is 5.75 Å². The number of nitrogens with zero attached hydrogens (tertiary/aromatic N) is 1. The van der Waals surface area contributed by atoms with Crippen LogP contribution in [0.3, 0.4) is 0 Å². The van der Waals surface area contributed by atoms with Crippen LogP contribution in [0.15, 0.2) is 65.6 Å². The molecule has 2 amide bonds. The molecule has 0 heterocycles. The van der Waals surface area contributed by atoms with E-state index in [2.05, 4.69) is 17.4 Å². The van der Waals surface area contributed by atoms with Crippen molar-refractivity contribution in [3.8, 4) is 0 Å². The topological polar surface area (TPSA) is 49.4 Å². The Balaban J connectivity index is 2.08. The van der Waals surface area contributed by atoms with Crippen LogP contribution in [0.4, 0.5) is 0 Å². The van der Waals surface area contributed by atoms with E-state index in [1.54, 1.807) is 4.90 Å². The first kappa shape index (κ1) is 22.0. The van der Waals surface area contributed by atoms with Crippen molar-refractivity contribution in [2.75, 3.05) is 18.8 Å². The highest BCUT2D eigenvalue weighted by molar-refractivity contribution is 8.00. The molecule has 0 radical (unpaired) electrons. The Labute approximate surface area is 172 Å². The van der Waals surface area contributed by atoms with Gasteiger partial charge in [-0.25, -0.2) is 0 Å². The summed E-state index contributed by atoms with van der Waals surface area (Å²) >= 11 is 1.51. The summed E-state index contributed by atoms with van der Waals surface area (Å²) in [6, 6.07) is 19.5. The van der Waals surface area contributed by atoms with Crippen LogP contribution in [0.25, 0.3) is 0 Å². The van der Waals surface area contributed by atoms with Crippen molar-refractivity contribution in [2.45, 2.75) is 44.0 Å². The third kappa shape index (κ3) is 7.04. The van der Waals surface area contributed by atoms with E-state index in [-0.39, 0.29) is 11.8 Å². The Morgan fingerprint density at radius 3 is 2.25 bits per heavy atom. The summed E-state index contributed by atoms with van der Waals surface area (Å²) in [6.07, 6.45) is 2.22. The van der Waals surface area contributed by atoms with Crippen molar-refractivity contribution >= 4 is 23.6 Å². The third-order valence-corrected chi connectivity index (χ3v) is 5.52. The lowest BCUT2D eigenvalue weighted by Crippen LogP contribution is -2.50. The molecule has 1 N–H and O–H groups in total. The molecule has 0 fully saturated rings. The van der Waals surface area contributed by atoms with Crippen molar-refractivity contribution in [3.63, 3.8) is 0 Å². The average molecular weight is 399 g/mol. The molecule has 0 aliphatic rings. The van der Waals surface area contributed by atoms with Gasteiger partial charge in [0.2, 0.25) is 11.8 Å². The van der Waals surface area contributed by atoms with E-state index in [0.29, 0.717) is 25.3 Å². The van der Waals surface area contributed by atoms with Gasteiger partial charge in [0.15, 0.2) is 0 Å². The Hall–Kier alpha value is -2.27. The quantitative estimate of drug-likeness (QED) is 0.579. The molecule has 0 unspecified atom stereocenters. The lowest BCUT2D eigenvalue weighted by atomic mass is 10.1. The van der Waals surface area contributed by atoms with Crippen LogP contribution >= 0.6 is 11.8 Å². The van der Waals surface area contributed by atoms with Gasteiger partial charge in [-0.05, 0) is 37.0 Å². The summed E-state index contributed by atoms with van der Waals surface area (Å²) in [7, 11) is 0. The maximum atomic E-state index is 13.0. The van der Waals surface area contributed by atoms with Gasteiger partial charge in [-0.2, -0.15) is 0 Å². The van der Waals surface area contributed by atoms with E-state index in [1.807, 2.05) is 62.4 Å². The summed E-state index contributed by atoms with van der Waals surface area (Å²) in [4.78, 5) is 28.5. The third-order valence-electron chi connectivity index (χ3n) is 4.52. The maximum Gasteiger partial charge on any atom is 0.242 e. The van der Waals surface area contributed by atoms with Crippen LogP contribution < -0.4 is 5.32 Å². The van der Waals surface area contributed by atoms with Crippen molar-refractivity contribution in [3.05, 3.63) is 66.2 Å². The molecule has 0 aliphatic carbocycles. The fourth-order valence-corrected chi connectivity index (χ4v) is 3.81. The first-order valence-electron chi connectivity index (χ1n) is 9.94. The van der Waals surface area contributed by atoms with Crippen molar-refractivity contribution in [2.24, 2.45) is 0 Å². The molecule has 1 atom stereocenters. The lowest BCUT2D eigenvalue weighted by Gasteiger charge is -2.30. The predicted molar refractivity (Wildman–Crippen MR) is 116 cm³/mol. The number of carbonyl (C=O) groups excluding carboxylic acids is 2. The molecule has 0 saturated carbocycles. The van der Waals surface area contributed by atoms with E-state index in [9.17, 15) is 9.59 Å². The van der Waals surface area contributed by atoms with Gasteiger partial charge in [-0.15, -0.1) is 11.8 Å². The summed E-state index contributed by atoms with van der Waals surface area (Å²) < 4.78 is 0. The second-order valence-electron chi connectivity index (χ2n) is 6.64. The lowest BCUT2D eigenvalue weighted by molar-refractivity contribution is -0.138. The van der Waals surface area contributed by atoms with Crippen LogP contribution in [0, 0.1) is 0 Å². The van der Waals surface area contributed by atoms with Gasteiger partial charge < -0.3 is 10.2 Å². The zero-order valence-electron chi connectivity index (χ0n) is 16.8. The minimum Gasteiger partial charge on any atom is -0.354 e. The molecular formula is C23H30N2O2S. The van der Waals surface area contributed by atoms with Gasteiger partial charge in [0.1, 0.15) is 6.04 Å². The Bertz CT molecular complexity index is 722. The van der Waals surface area contributed by atoms with Gasteiger partial charge in [-0.1, -0.05) is 62.4 Å². The molecule has 150 valence electrons. The Morgan fingerprint density at radius 2 is 1.64 bits per heavy atom. The fourth-order valence-electron chi connectivity index (χ4n) is 3.01. The number of thioether (sulfide) groups is 1. The van der Waals surface area contributed by atoms with Crippen molar-refractivity contribution in [1.82, 2.24) is 10.2 Å². The summed E-state index contributed by atoms with van der Waals surface area (Å²) in [5.41, 5.74) is 1.17. The van der Waals surface area contributed by atoms with Gasteiger partial charge >= 0.3 is 0 Å². The highest BCUT2D eigenvalue weighted by atomic mass is 32.2. The molecule has 0 aliphatic heterocycles. The van der Waals surface area contributed by atoms with E-state index >= 15 is 0 Å². The number of amides is 2. The molecule has 2 aromatic carbocycles. The number of nitrogens with one attached hydrogen (secondary N) is 1. The van der Waals surface area contributed by atoms with E-state index in [4.69, 9.17) is 0 Å². The van der Waals surface area contributed by atoms with Crippen LogP contribution in [0.2, 0.25) is 0 Å². The minimum absolute atomic E-state index is 0.00304. The SMILES string of the molecule is CCCNC(=O)[C@H](CC)N(CCc1ccccc1)C(=O)CSc1ccccc1. The average Bonchev–Trinajstić information content (AvgIpc) is 2.74. The molecule has 2 rings (SSSR count). The summed E-state index contributed by atoms with van der Waals surface area (Å²) in [5.74, 6) is 0.273. The molecular weight excluding hydrogens is 368 g/mol. The minimum atomic E-state index is -0.431. The standard InChI is InChI=1S/C23H30N2O2S/c1-3-16-24-23(27)21(4-2)25(17-15-19-11-7-5-8-12-19)22(26)18-28-20-13-9-6-10-14-20/h5-14,21H,3-4,15-18H2,1-2H3,(H,24,27)/t21-/m0/s1. The van der Waals surface area contributed by atoms with Crippen molar-refractivity contribution in [1.29, 1.82) is 0 Å². The summed E-state index contributed by atoms with van der Waals surface area (Å²) in [5, 5.41) is 2.95. The molecule has 28 heavy (non-hydrogen) atoms. The van der Waals surface area contributed by atoms with Crippen LogP contribution in [-0.2, 0) is 16.0 Å². The number of carbonyl (C=O) groups is 2. The number of hydrogen-bond donors (Lipinski definition) is 1. The second kappa shape index (κ2) is 12.2. The highest BCUT2D eigenvalue weighted by Crippen LogP contribution is 2.19. The van der Waals surface area contributed by atoms with E-state index in [0.717, 1.165) is 17.7 Å². The van der Waals surface area contributed by atoms with E-state index < -0.39 is 6.04 Å². The summed E-state index contributed by atoms with van der Waals surface area (Å²) in [6.45, 7) is 5.16. The second-order valence-corrected chi connectivity index (χ2v) is 7.69.